The van der Waals surface area contributed by atoms with Gasteiger partial charge in [-0.15, -0.1) is 10.2 Å². The van der Waals surface area contributed by atoms with Crippen molar-refractivity contribution in [3.8, 4) is 11.5 Å². The normalized spacial score (nSPS) is 16.3. The highest BCUT2D eigenvalue weighted by molar-refractivity contribution is 5.91. The lowest BCUT2D eigenvalue weighted by molar-refractivity contribution is -0.116. The van der Waals surface area contributed by atoms with E-state index in [1.807, 2.05) is 12.1 Å². The summed E-state index contributed by atoms with van der Waals surface area (Å²) in [4.78, 5) is 33.3. The lowest BCUT2D eigenvalue weighted by Crippen LogP contribution is -2.19. The quantitative estimate of drug-likeness (QED) is 0.288. The molecule has 4 aromatic rings. The average molecular weight is 569 g/mol. The van der Waals surface area contributed by atoms with E-state index in [1.54, 1.807) is 63.0 Å². The van der Waals surface area contributed by atoms with E-state index < -0.39 is 0 Å². The Balaban J connectivity index is 1.12. The largest absolute Gasteiger partial charge is 0.495 e. The van der Waals surface area contributed by atoms with Gasteiger partial charge >= 0.3 is 0 Å². The van der Waals surface area contributed by atoms with Gasteiger partial charge in [-0.05, 0) is 67.8 Å². The predicted octanol–water partition coefficient (Wildman–Crippen LogP) is 3.88. The van der Waals surface area contributed by atoms with Crippen LogP contribution in [0.4, 0.5) is 11.6 Å². The third kappa shape index (κ3) is 7.59. The Kier molecular flexibility index (Phi) is 9.22. The summed E-state index contributed by atoms with van der Waals surface area (Å²) in [5, 5.41) is 22.9. The number of hydrogen-bond acceptors (Lipinski definition) is 10. The number of nitrogens with zero attached hydrogens (tertiary/aromatic N) is 6. The first kappa shape index (κ1) is 28.5. The van der Waals surface area contributed by atoms with Gasteiger partial charge < -0.3 is 20.1 Å². The van der Waals surface area contributed by atoms with Crippen molar-refractivity contribution < 1.29 is 19.1 Å². The Bertz CT molecular complexity index is 1370. The van der Waals surface area contributed by atoms with E-state index in [2.05, 4.69) is 41.0 Å². The molecule has 1 saturated carbocycles. The van der Waals surface area contributed by atoms with E-state index >= 15 is 0 Å². The number of hydrogen-bond donors (Lipinski definition) is 2. The van der Waals surface area contributed by atoms with Crippen molar-refractivity contribution in [2.45, 2.75) is 50.4 Å². The predicted molar refractivity (Wildman–Crippen MR) is 154 cm³/mol. The van der Waals surface area contributed by atoms with E-state index in [0.717, 1.165) is 37.1 Å². The van der Waals surface area contributed by atoms with Crippen molar-refractivity contribution in [3.05, 3.63) is 83.7 Å². The summed E-state index contributed by atoms with van der Waals surface area (Å²) < 4.78 is 10.2. The monoisotopic (exact) mass is 568 g/mol. The third-order valence-electron chi connectivity index (χ3n) is 7.17. The first-order valence-electron chi connectivity index (χ1n) is 13.7. The van der Waals surface area contributed by atoms with Crippen molar-refractivity contribution in [1.82, 2.24) is 30.4 Å². The molecule has 0 aliphatic heterocycles. The molecule has 0 bridgehead atoms. The van der Waals surface area contributed by atoms with Crippen molar-refractivity contribution in [2.24, 2.45) is 0 Å². The first-order chi connectivity index (χ1) is 20.5. The number of anilines is 2. The molecule has 0 saturated heterocycles. The topological polar surface area (TPSA) is 154 Å². The summed E-state index contributed by atoms with van der Waals surface area (Å²) >= 11 is 0. The third-order valence-corrected chi connectivity index (χ3v) is 7.17. The molecule has 42 heavy (non-hydrogen) atoms. The molecule has 5 rings (SSSR count). The molecule has 4 heterocycles. The number of rotatable bonds is 10. The molecule has 2 amide bonds. The second kappa shape index (κ2) is 13.6. The summed E-state index contributed by atoms with van der Waals surface area (Å²) in [6, 6.07) is 14.4. The fourth-order valence-electron chi connectivity index (χ4n) is 4.96. The Labute approximate surface area is 243 Å². The lowest BCUT2D eigenvalue weighted by Gasteiger charge is -2.28. The van der Waals surface area contributed by atoms with Crippen LogP contribution in [0.3, 0.4) is 0 Å². The van der Waals surface area contributed by atoms with Crippen LogP contribution in [-0.4, -0.2) is 56.4 Å². The Morgan fingerprint density at radius 2 is 1.17 bits per heavy atom. The maximum Gasteiger partial charge on any atom is 0.231 e. The molecule has 0 aromatic carbocycles. The van der Waals surface area contributed by atoms with Crippen LogP contribution >= 0.6 is 0 Å². The summed E-state index contributed by atoms with van der Waals surface area (Å²) in [5.74, 6) is 2.08. The SMILES string of the molecule is COc1ccc(CC(=O)Nc2ccc([C@H]3CCC[C@H](c4ccc(NC(=O)Cc5ccc(OC)cn5)nn4)C3)nn2)nc1. The van der Waals surface area contributed by atoms with E-state index in [4.69, 9.17) is 9.47 Å². The second-order valence-corrected chi connectivity index (χ2v) is 10.1. The van der Waals surface area contributed by atoms with Crippen LogP contribution in [0.2, 0.25) is 0 Å². The van der Waals surface area contributed by atoms with Crippen molar-refractivity contribution >= 4 is 23.5 Å². The van der Waals surface area contributed by atoms with Gasteiger partial charge in [-0.3, -0.25) is 19.6 Å². The summed E-state index contributed by atoms with van der Waals surface area (Å²) in [5.41, 5.74) is 3.04. The fourth-order valence-corrected chi connectivity index (χ4v) is 4.96. The van der Waals surface area contributed by atoms with Crippen LogP contribution in [0.5, 0.6) is 11.5 Å². The van der Waals surface area contributed by atoms with Crippen LogP contribution < -0.4 is 20.1 Å². The molecule has 1 aliphatic rings. The molecule has 1 aliphatic carbocycles. The molecule has 0 radical (unpaired) electrons. The zero-order valence-corrected chi connectivity index (χ0v) is 23.5. The minimum absolute atomic E-state index is 0.126. The maximum absolute atomic E-state index is 12.4. The number of carbonyl (C=O) groups is 2. The molecule has 1 fully saturated rings. The zero-order valence-electron chi connectivity index (χ0n) is 23.5. The fraction of sp³-hybridized carbons (Fsp3) is 0.333. The van der Waals surface area contributed by atoms with Crippen molar-refractivity contribution in [2.75, 3.05) is 24.9 Å². The first-order valence-corrected chi connectivity index (χ1v) is 13.7. The molecule has 2 atom stereocenters. The summed E-state index contributed by atoms with van der Waals surface area (Å²) in [6.45, 7) is 0. The zero-order chi connectivity index (χ0) is 29.3. The minimum Gasteiger partial charge on any atom is -0.495 e. The Morgan fingerprint density at radius 3 is 1.52 bits per heavy atom. The summed E-state index contributed by atoms with van der Waals surface area (Å²) in [7, 11) is 3.14. The highest BCUT2D eigenvalue weighted by Crippen LogP contribution is 2.40. The average Bonchev–Trinajstić information content (AvgIpc) is 3.02. The smallest absolute Gasteiger partial charge is 0.231 e. The molecular weight excluding hydrogens is 536 g/mol. The highest BCUT2D eigenvalue weighted by Gasteiger charge is 2.27. The Morgan fingerprint density at radius 1 is 0.690 bits per heavy atom. The van der Waals surface area contributed by atoms with Crippen LogP contribution in [-0.2, 0) is 22.4 Å². The van der Waals surface area contributed by atoms with Gasteiger partial charge in [-0.25, -0.2) is 0 Å². The standard InChI is InChI=1S/C30H32N8O4/c1-41-23-8-6-21(31-17-23)15-29(39)33-27-12-10-25(35-37-27)19-4-3-5-20(14-19)26-11-13-28(38-36-26)34-30(40)16-22-7-9-24(42-2)18-32-22/h6-13,17-20H,3-5,14-16H2,1-2H3,(H,33,37,39)(H,34,38,40)/t19-,20-/m0/s1. The van der Waals surface area contributed by atoms with E-state index in [0.29, 0.717) is 34.5 Å². The molecule has 4 aromatic heterocycles. The molecule has 12 nitrogen and oxygen atoms in total. The van der Waals surface area contributed by atoms with Gasteiger partial charge in [0.25, 0.3) is 0 Å². The van der Waals surface area contributed by atoms with Gasteiger partial charge in [0.2, 0.25) is 11.8 Å². The maximum atomic E-state index is 12.4. The van der Waals surface area contributed by atoms with Crippen LogP contribution in [0, 0.1) is 0 Å². The number of pyridine rings is 2. The lowest BCUT2D eigenvalue weighted by atomic mass is 9.78. The molecular formula is C30H32N8O4. The number of carbonyl (C=O) groups excluding carboxylic acids is 2. The second-order valence-electron chi connectivity index (χ2n) is 10.1. The molecule has 216 valence electrons. The number of nitrogens with one attached hydrogen (secondary N) is 2. The van der Waals surface area contributed by atoms with Gasteiger partial charge in [0.1, 0.15) is 11.5 Å². The number of ether oxygens (including phenoxy) is 2. The molecule has 0 unspecified atom stereocenters. The number of amides is 2. The summed E-state index contributed by atoms with van der Waals surface area (Å²) in [6.07, 6.45) is 7.31. The van der Waals surface area contributed by atoms with E-state index in [9.17, 15) is 9.59 Å². The van der Waals surface area contributed by atoms with Crippen LogP contribution in [0.25, 0.3) is 0 Å². The van der Waals surface area contributed by atoms with Gasteiger partial charge in [0, 0.05) is 23.2 Å². The van der Waals surface area contributed by atoms with Gasteiger partial charge in [-0.2, -0.15) is 10.2 Å². The van der Waals surface area contributed by atoms with E-state index in [-0.39, 0.29) is 36.5 Å². The van der Waals surface area contributed by atoms with Gasteiger partial charge in [-0.1, -0.05) is 6.42 Å². The molecule has 2 N–H and O–H groups in total. The minimum atomic E-state index is -0.219. The van der Waals surface area contributed by atoms with Crippen LogP contribution in [0.15, 0.2) is 60.9 Å². The van der Waals surface area contributed by atoms with Gasteiger partial charge in [0.15, 0.2) is 11.6 Å². The van der Waals surface area contributed by atoms with E-state index in [1.165, 1.54) is 0 Å². The number of aromatic nitrogens is 6. The molecule has 0 spiro atoms. The molecule has 12 heteroatoms. The Hall–Kier alpha value is -5.00. The van der Waals surface area contributed by atoms with Crippen LogP contribution in [0.1, 0.15) is 60.3 Å². The van der Waals surface area contributed by atoms with Crippen molar-refractivity contribution in [3.63, 3.8) is 0 Å². The number of methoxy groups -OCH3 is 2. The van der Waals surface area contributed by atoms with Crippen molar-refractivity contribution in [1.29, 1.82) is 0 Å². The van der Waals surface area contributed by atoms with Gasteiger partial charge in [0.05, 0.1) is 50.8 Å². The highest BCUT2D eigenvalue weighted by atomic mass is 16.5.